The van der Waals surface area contributed by atoms with E-state index < -0.39 is 11.9 Å². The van der Waals surface area contributed by atoms with E-state index in [1.807, 2.05) is 0 Å². The molecule has 2 rings (SSSR count). The third-order valence-electron chi connectivity index (χ3n) is 4.12. The molecule has 1 aromatic carbocycles. The third kappa shape index (κ3) is 5.27. The number of hydrogen-bond acceptors (Lipinski definition) is 3. The predicted molar refractivity (Wildman–Crippen MR) is 86.9 cm³/mol. The summed E-state index contributed by atoms with van der Waals surface area (Å²) >= 11 is 0. The molecular weight excluding hydrogens is 345 g/mol. The topological polar surface area (TPSA) is 55.6 Å². The summed E-state index contributed by atoms with van der Waals surface area (Å²) in [7, 11) is 1.55. The summed E-state index contributed by atoms with van der Waals surface area (Å²) in [6.45, 7) is 0.0179. The van der Waals surface area contributed by atoms with Crippen molar-refractivity contribution in [1.82, 2.24) is 4.90 Å². The second-order valence-corrected chi connectivity index (χ2v) is 6.03. The van der Waals surface area contributed by atoms with Crippen LogP contribution in [0.25, 0.3) is 0 Å². The number of carbonyl (C=O) groups is 1. The molecule has 136 valence electrons. The standard InChI is InChI=1S/C16H21F3N2O2.ClH/c1-21(14(22)15(20)9-5-2-6-10-15)11-12-7-3-4-8-13(12)23-16(17,18)19;/h3-4,7-8H,2,5-6,9-11,20H2,1H3;1H. The summed E-state index contributed by atoms with van der Waals surface area (Å²) in [4.78, 5) is 13.9. The number of halogens is 4. The van der Waals surface area contributed by atoms with Gasteiger partial charge in [0.1, 0.15) is 5.75 Å². The zero-order valence-electron chi connectivity index (χ0n) is 13.4. The molecule has 0 spiro atoms. The van der Waals surface area contributed by atoms with Gasteiger partial charge in [-0.15, -0.1) is 25.6 Å². The van der Waals surface area contributed by atoms with E-state index in [1.54, 1.807) is 13.1 Å². The van der Waals surface area contributed by atoms with Gasteiger partial charge in [0, 0.05) is 19.2 Å². The molecule has 4 nitrogen and oxygen atoms in total. The molecule has 0 unspecified atom stereocenters. The SMILES string of the molecule is CN(Cc1ccccc1OC(F)(F)F)C(=O)C1(N)CCCCC1.Cl. The maximum atomic E-state index is 12.6. The minimum atomic E-state index is -4.77. The Balaban J connectivity index is 0.00000288. The highest BCUT2D eigenvalue weighted by Crippen LogP contribution is 2.30. The molecular formula is C16H22ClF3N2O2. The molecule has 0 atom stereocenters. The Morgan fingerprint density at radius 3 is 2.42 bits per heavy atom. The number of amides is 1. The first-order valence-corrected chi connectivity index (χ1v) is 7.59. The summed E-state index contributed by atoms with van der Waals surface area (Å²) in [5, 5.41) is 0. The Morgan fingerprint density at radius 2 is 1.83 bits per heavy atom. The number of nitrogens with zero attached hydrogens (tertiary/aromatic N) is 1. The molecule has 0 radical (unpaired) electrons. The van der Waals surface area contributed by atoms with Gasteiger partial charge in [0.25, 0.3) is 0 Å². The second kappa shape index (κ2) is 8.07. The van der Waals surface area contributed by atoms with Crippen LogP contribution >= 0.6 is 12.4 Å². The van der Waals surface area contributed by atoms with Crippen molar-refractivity contribution in [2.24, 2.45) is 5.73 Å². The van der Waals surface area contributed by atoms with E-state index in [2.05, 4.69) is 4.74 Å². The Morgan fingerprint density at radius 1 is 1.25 bits per heavy atom. The minimum absolute atomic E-state index is 0. The lowest BCUT2D eigenvalue weighted by Crippen LogP contribution is -2.55. The molecule has 1 saturated carbocycles. The summed E-state index contributed by atoms with van der Waals surface area (Å²) in [6.07, 6.45) is -0.712. The number of alkyl halides is 3. The van der Waals surface area contributed by atoms with Crippen LogP contribution in [0, 0.1) is 0 Å². The summed E-state index contributed by atoms with van der Waals surface area (Å²) < 4.78 is 41.4. The van der Waals surface area contributed by atoms with Crippen molar-refractivity contribution in [3.63, 3.8) is 0 Å². The van der Waals surface area contributed by atoms with E-state index in [0.717, 1.165) is 19.3 Å². The first kappa shape index (κ1) is 20.6. The molecule has 0 saturated heterocycles. The largest absolute Gasteiger partial charge is 0.573 e. The van der Waals surface area contributed by atoms with Crippen LogP contribution in [0.1, 0.15) is 37.7 Å². The number of hydrogen-bond donors (Lipinski definition) is 1. The molecule has 0 heterocycles. The van der Waals surface area contributed by atoms with Crippen molar-refractivity contribution in [2.75, 3.05) is 7.05 Å². The van der Waals surface area contributed by atoms with Gasteiger partial charge < -0.3 is 15.4 Å². The zero-order valence-corrected chi connectivity index (χ0v) is 14.3. The number of carbonyl (C=O) groups excluding carboxylic acids is 1. The van der Waals surface area contributed by atoms with E-state index in [0.29, 0.717) is 18.4 Å². The maximum absolute atomic E-state index is 12.6. The molecule has 24 heavy (non-hydrogen) atoms. The van der Waals surface area contributed by atoms with Gasteiger partial charge in [0.05, 0.1) is 5.54 Å². The number of para-hydroxylation sites is 1. The first-order valence-electron chi connectivity index (χ1n) is 7.59. The van der Waals surface area contributed by atoms with Gasteiger partial charge in [0.15, 0.2) is 0 Å². The van der Waals surface area contributed by atoms with Crippen LogP contribution in [-0.4, -0.2) is 29.8 Å². The molecule has 1 fully saturated rings. The van der Waals surface area contributed by atoms with Gasteiger partial charge in [-0.3, -0.25) is 4.79 Å². The average Bonchev–Trinajstić information content (AvgIpc) is 2.47. The minimum Gasteiger partial charge on any atom is -0.405 e. The third-order valence-corrected chi connectivity index (χ3v) is 4.12. The quantitative estimate of drug-likeness (QED) is 0.885. The molecule has 0 aromatic heterocycles. The lowest BCUT2D eigenvalue weighted by Gasteiger charge is -2.35. The summed E-state index contributed by atoms with van der Waals surface area (Å²) in [5.74, 6) is -0.534. The van der Waals surface area contributed by atoms with Gasteiger partial charge >= 0.3 is 6.36 Å². The van der Waals surface area contributed by atoms with Gasteiger partial charge in [-0.05, 0) is 18.9 Å². The summed E-state index contributed by atoms with van der Waals surface area (Å²) in [6, 6.07) is 5.81. The normalized spacial score (nSPS) is 16.9. The molecule has 1 aliphatic rings. The van der Waals surface area contributed by atoms with Crippen molar-refractivity contribution in [1.29, 1.82) is 0 Å². The number of rotatable bonds is 4. The molecule has 1 amide bonds. The van der Waals surface area contributed by atoms with Crippen LogP contribution in [0.2, 0.25) is 0 Å². The molecule has 1 aliphatic carbocycles. The van der Waals surface area contributed by atoms with Crippen molar-refractivity contribution in [3.8, 4) is 5.75 Å². The molecule has 8 heteroatoms. The molecule has 2 N–H and O–H groups in total. The van der Waals surface area contributed by atoms with E-state index in [9.17, 15) is 18.0 Å². The zero-order chi connectivity index (χ0) is 17.1. The fraction of sp³-hybridized carbons (Fsp3) is 0.562. The maximum Gasteiger partial charge on any atom is 0.573 e. The smallest absolute Gasteiger partial charge is 0.405 e. The highest BCUT2D eigenvalue weighted by atomic mass is 35.5. The monoisotopic (exact) mass is 366 g/mol. The van der Waals surface area contributed by atoms with Gasteiger partial charge in [-0.2, -0.15) is 0 Å². The second-order valence-electron chi connectivity index (χ2n) is 6.03. The van der Waals surface area contributed by atoms with E-state index in [1.165, 1.54) is 23.1 Å². The van der Waals surface area contributed by atoms with Gasteiger partial charge in [0.2, 0.25) is 5.91 Å². The first-order chi connectivity index (χ1) is 10.7. The van der Waals surface area contributed by atoms with Crippen LogP contribution in [0.3, 0.4) is 0 Å². The number of nitrogens with two attached hydrogens (primary N) is 1. The van der Waals surface area contributed by atoms with E-state index >= 15 is 0 Å². The molecule has 0 bridgehead atoms. The van der Waals surface area contributed by atoms with Gasteiger partial charge in [-0.25, -0.2) is 0 Å². The Bertz CT molecular complexity index is 560. The van der Waals surface area contributed by atoms with Crippen LogP contribution in [0.15, 0.2) is 24.3 Å². The molecule has 1 aromatic rings. The highest BCUT2D eigenvalue weighted by molar-refractivity contribution is 5.86. The summed E-state index contributed by atoms with van der Waals surface area (Å²) in [5.41, 5.74) is 5.58. The predicted octanol–water partition coefficient (Wildman–Crippen LogP) is 3.63. The fourth-order valence-corrected chi connectivity index (χ4v) is 2.96. The van der Waals surface area contributed by atoms with Crippen LogP contribution < -0.4 is 10.5 Å². The van der Waals surface area contributed by atoms with E-state index in [-0.39, 0.29) is 30.6 Å². The molecule has 0 aliphatic heterocycles. The van der Waals surface area contributed by atoms with Crippen molar-refractivity contribution in [3.05, 3.63) is 29.8 Å². The van der Waals surface area contributed by atoms with Gasteiger partial charge in [-0.1, -0.05) is 37.5 Å². The van der Waals surface area contributed by atoms with Crippen molar-refractivity contribution >= 4 is 18.3 Å². The van der Waals surface area contributed by atoms with Crippen molar-refractivity contribution in [2.45, 2.75) is 50.6 Å². The highest BCUT2D eigenvalue weighted by Gasteiger charge is 2.38. The van der Waals surface area contributed by atoms with Crippen LogP contribution in [-0.2, 0) is 11.3 Å². The van der Waals surface area contributed by atoms with Crippen LogP contribution in [0.4, 0.5) is 13.2 Å². The van der Waals surface area contributed by atoms with E-state index in [4.69, 9.17) is 5.73 Å². The Hall–Kier alpha value is -1.47. The lowest BCUT2D eigenvalue weighted by molar-refractivity contribution is -0.275. The number of benzene rings is 1. The van der Waals surface area contributed by atoms with Crippen molar-refractivity contribution < 1.29 is 22.7 Å². The fourth-order valence-electron chi connectivity index (χ4n) is 2.96. The average molecular weight is 367 g/mol. The van der Waals surface area contributed by atoms with Crippen LogP contribution in [0.5, 0.6) is 5.75 Å². The number of likely N-dealkylation sites (N-methyl/N-ethyl adjacent to an activating group) is 1. The lowest BCUT2D eigenvalue weighted by atomic mass is 9.81. The Labute approximate surface area is 145 Å². The Kier molecular flexibility index (Phi) is 6.92. The number of ether oxygens (including phenoxy) is 1.